The summed E-state index contributed by atoms with van der Waals surface area (Å²) < 4.78 is 41.6. The van der Waals surface area contributed by atoms with E-state index in [0.29, 0.717) is 5.56 Å². The molecule has 0 aliphatic rings. The van der Waals surface area contributed by atoms with Gasteiger partial charge in [-0.2, -0.15) is 8.42 Å². The van der Waals surface area contributed by atoms with Crippen molar-refractivity contribution in [2.24, 2.45) is 11.3 Å². The van der Waals surface area contributed by atoms with Gasteiger partial charge in [-0.1, -0.05) is 58.0 Å². The van der Waals surface area contributed by atoms with E-state index in [0.717, 1.165) is 0 Å². The van der Waals surface area contributed by atoms with Crippen molar-refractivity contribution in [3.05, 3.63) is 35.9 Å². The zero-order valence-corrected chi connectivity index (χ0v) is 21.4. The Morgan fingerprint density at radius 3 is 2.23 bits per heavy atom. The van der Waals surface area contributed by atoms with Gasteiger partial charge in [0.25, 0.3) is 10.1 Å². The van der Waals surface area contributed by atoms with E-state index in [2.05, 4.69) is 5.32 Å². The lowest BCUT2D eigenvalue weighted by Gasteiger charge is -2.39. The molecule has 0 aliphatic carbocycles. The fourth-order valence-corrected chi connectivity index (χ4v) is 4.34. The van der Waals surface area contributed by atoms with Crippen molar-refractivity contribution >= 4 is 28.1 Å². The van der Waals surface area contributed by atoms with Gasteiger partial charge in [0, 0.05) is 18.9 Å². The fraction of sp³-hybridized carbons (Fsp3) is 0.609. The van der Waals surface area contributed by atoms with Crippen LogP contribution < -0.4 is 5.32 Å². The molecule has 0 saturated heterocycles. The Morgan fingerprint density at radius 1 is 1.11 bits per heavy atom. The zero-order chi connectivity index (χ0) is 26.8. The second kappa shape index (κ2) is 13.4. The summed E-state index contributed by atoms with van der Waals surface area (Å²) in [5.74, 6) is -2.45. The maximum Gasteiger partial charge on any atom is 0.508 e. The van der Waals surface area contributed by atoms with Gasteiger partial charge in [-0.3, -0.25) is 8.98 Å². The van der Waals surface area contributed by atoms with E-state index in [9.17, 15) is 33.0 Å². The van der Waals surface area contributed by atoms with Crippen molar-refractivity contribution in [1.29, 1.82) is 0 Å². The molecule has 1 amide bonds. The normalized spacial score (nSPS) is 14.6. The average Bonchev–Trinajstić information content (AvgIpc) is 2.77. The van der Waals surface area contributed by atoms with Crippen molar-refractivity contribution < 1.29 is 46.7 Å². The van der Waals surface area contributed by atoms with E-state index in [1.54, 1.807) is 30.3 Å². The summed E-state index contributed by atoms with van der Waals surface area (Å²) in [5, 5.41) is 22.3. The van der Waals surface area contributed by atoms with Crippen LogP contribution in [0.4, 0.5) is 4.79 Å². The molecule has 0 spiro atoms. The highest BCUT2D eigenvalue weighted by atomic mass is 32.2. The van der Waals surface area contributed by atoms with Gasteiger partial charge in [-0.25, -0.2) is 9.59 Å². The molecule has 0 bridgehead atoms. The molecule has 3 N–H and O–H groups in total. The number of carbonyl (C=O) groups excluding carboxylic acids is 2. The lowest BCUT2D eigenvalue weighted by Crippen LogP contribution is -2.50. The molecule has 3 atom stereocenters. The third-order valence-corrected chi connectivity index (χ3v) is 6.32. The Hall–Kier alpha value is -2.70. The Morgan fingerprint density at radius 2 is 1.71 bits per heavy atom. The predicted molar refractivity (Wildman–Crippen MR) is 126 cm³/mol. The van der Waals surface area contributed by atoms with Crippen LogP contribution in [0.3, 0.4) is 0 Å². The average molecular weight is 518 g/mol. The molecule has 0 radical (unpaired) electrons. The van der Waals surface area contributed by atoms with Crippen LogP contribution in [0.25, 0.3) is 0 Å². The summed E-state index contributed by atoms with van der Waals surface area (Å²) in [6.45, 7) is 7.61. The number of ether oxygens (including phenoxy) is 2. The van der Waals surface area contributed by atoms with Crippen molar-refractivity contribution in [3.63, 3.8) is 0 Å². The number of nitrogens with one attached hydrogen (secondary N) is 1. The minimum atomic E-state index is -4.32. The van der Waals surface area contributed by atoms with Crippen molar-refractivity contribution in [1.82, 2.24) is 5.32 Å². The molecule has 1 rings (SSSR count). The topological polar surface area (TPSA) is 166 Å². The Kier molecular flexibility index (Phi) is 11.6. The maximum atomic E-state index is 12.8. The minimum Gasteiger partial charge on any atom is -0.479 e. The molecule has 0 aliphatic heterocycles. The molecule has 0 heterocycles. The van der Waals surface area contributed by atoms with Crippen LogP contribution in [0.1, 0.15) is 52.7 Å². The van der Waals surface area contributed by atoms with Crippen molar-refractivity contribution in [2.75, 3.05) is 18.9 Å². The molecule has 0 saturated carbocycles. The molecule has 198 valence electrons. The van der Waals surface area contributed by atoms with Crippen molar-refractivity contribution in [3.8, 4) is 0 Å². The molecule has 2 unspecified atom stereocenters. The monoisotopic (exact) mass is 517 g/mol. The summed E-state index contributed by atoms with van der Waals surface area (Å²) in [7, 11) is -4.32. The van der Waals surface area contributed by atoms with Crippen molar-refractivity contribution in [2.45, 2.75) is 59.4 Å². The van der Waals surface area contributed by atoms with E-state index < -0.39 is 51.7 Å². The summed E-state index contributed by atoms with van der Waals surface area (Å²) in [6, 6.07) is 8.01. The number of hydrogen-bond acceptors (Lipinski definition) is 9. The Balaban J connectivity index is 3.39. The van der Waals surface area contributed by atoms with Crippen LogP contribution in [0, 0.1) is 11.3 Å². The van der Waals surface area contributed by atoms with Gasteiger partial charge in [0.2, 0.25) is 5.91 Å². The second-order valence-corrected chi connectivity index (χ2v) is 10.8. The number of aliphatic carboxylic acids is 1. The van der Waals surface area contributed by atoms with Gasteiger partial charge in [0.05, 0.1) is 12.4 Å². The van der Waals surface area contributed by atoms with E-state index in [-0.39, 0.29) is 31.4 Å². The summed E-state index contributed by atoms with van der Waals surface area (Å²) >= 11 is 0. The number of carboxylic acid groups (broad SMARTS) is 1. The van der Waals surface area contributed by atoms with Crippen LogP contribution in [-0.2, 0) is 33.4 Å². The third kappa shape index (κ3) is 10.2. The molecular weight excluding hydrogens is 482 g/mol. The molecule has 0 fully saturated rings. The van der Waals surface area contributed by atoms with Crippen LogP contribution in [0.2, 0.25) is 0 Å². The molecule has 1 aromatic rings. The highest BCUT2D eigenvalue weighted by Crippen LogP contribution is 2.39. The molecule has 35 heavy (non-hydrogen) atoms. The third-order valence-electron chi connectivity index (χ3n) is 5.03. The number of rotatable bonds is 14. The Labute approximate surface area is 205 Å². The minimum absolute atomic E-state index is 0.000893. The number of carboxylic acids is 1. The molecule has 1 aromatic carbocycles. The highest BCUT2D eigenvalue weighted by Gasteiger charge is 2.49. The van der Waals surface area contributed by atoms with Gasteiger partial charge in [-0.05, 0) is 17.9 Å². The van der Waals surface area contributed by atoms with Crippen LogP contribution in [0.5, 0.6) is 0 Å². The second-order valence-electron chi connectivity index (χ2n) is 9.08. The molecule has 0 aromatic heterocycles. The first kappa shape index (κ1) is 30.3. The van der Waals surface area contributed by atoms with Crippen LogP contribution >= 0.6 is 0 Å². The lowest BCUT2D eigenvalue weighted by molar-refractivity contribution is -0.163. The number of aliphatic hydroxyl groups excluding tert-OH is 1. The number of hydrogen-bond donors (Lipinski definition) is 3. The first-order chi connectivity index (χ1) is 16.2. The van der Waals surface area contributed by atoms with Gasteiger partial charge < -0.3 is 25.0 Å². The number of benzene rings is 1. The van der Waals surface area contributed by atoms with Crippen LogP contribution in [-0.4, -0.2) is 67.8 Å². The molecule has 11 nitrogen and oxygen atoms in total. The predicted octanol–water partition coefficient (Wildman–Crippen LogP) is 2.25. The zero-order valence-electron chi connectivity index (χ0n) is 20.6. The number of carbonyl (C=O) groups is 3. The SMILES string of the molecule is CC(=O)NCCCS(=O)(=O)OC(C(OC(=O)OCC(C)C)c1ccccc1)C(C)(C)[C@@H](O)C(=O)O. The Bertz CT molecular complexity index is 946. The number of aliphatic hydroxyl groups is 1. The lowest BCUT2D eigenvalue weighted by atomic mass is 9.77. The molecular formula is C23H35NO10S. The van der Waals surface area contributed by atoms with E-state index in [1.807, 2.05) is 13.8 Å². The standard InChI is InChI=1S/C23H35NO10S/c1-15(2)14-32-22(29)33-18(17-10-7-6-8-11-17)20(23(4,5)19(26)21(27)28)34-35(30,31)13-9-12-24-16(3)25/h6-8,10-11,15,18-20,26H,9,12-14H2,1-5H3,(H,24,25)(H,27,28)/t18?,19-,20?/m0/s1. The number of amides is 1. The smallest absolute Gasteiger partial charge is 0.479 e. The summed E-state index contributed by atoms with van der Waals surface area (Å²) in [4.78, 5) is 35.1. The van der Waals surface area contributed by atoms with E-state index in [4.69, 9.17) is 13.7 Å². The molecule has 12 heteroatoms. The van der Waals surface area contributed by atoms with Gasteiger partial charge in [0.15, 0.2) is 12.2 Å². The van der Waals surface area contributed by atoms with Gasteiger partial charge in [-0.15, -0.1) is 0 Å². The first-order valence-corrected chi connectivity index (χ1v) is 12.7. The fourth-order valence-electron chi connectivity index (χ4n) is 3.08. The van der Waals surface area contributed by atoms with E-state index in [1.165, 1.54) is 20.8 Å². The van der Waals surface area contributed by atoms with Crippen LogP contribution in [0.15, 0.2) is 30.3 Å². The first-order valence-electron chi connectivity index (χ1n) is 11.1. The quantitative estimate of drug-likeness (QED) is 0.189. The summed E-state index contributed by atoms with van der Waals surface area (Å²) in [6.07, 6.45) is -6.24. The van der Waals surface area contributed by atoms with Gasteiger partial charge in [0.1, 0.15) is 6.10 Å². The van der Waals surface area contributed by atoms with E-state index >= 15 is 0 Å². The maximum absolute atomic E-state index is 12.8. The van der Waals surface area contributed by atoms with Gasteiger partial charge >= 0.3 is 12.1 Å². The highest BCUT2D eigenvalue weighted by molar-refractivity contribution is 7.86. The summed E-state index contributed by atoms with van der Waals surface area (Å²) in [5.41, 5.74) is -1.45. The largest absolute Gasteiger partial charge is 0.508 e.